The van der Waals surface area contributed by atoms with E-state index in [0.717, 1.165) is 12.8 Å². The van der Waals surface area contributed by atoms with Gasteiger partial charge in [-0.2, -0.15) is 0 Å². The summed E-state index contributed by atoms with van der Waals surface area (Å²) in [6.07, 6.45) is 3.27. The summed E-state index contributed by atoms with van der Waals surface area (Å²) in [4.78, 5) is 41.0. The molecule has 1 aliphatic carbocycles. The Morgan fingerprint density at radius 1 is 1.12 bits per heavy atom. The molecule has 1 aromatic carbocycles. The molecule has 11 heteroatoms. The highest BCUT2D eigenvalue weighted by molar-refractivity contribution is 7.12. The summed E-state index contributed by atoms with van der Waals surface area (Å²) in [6, 6.07) is 10.3. The van der Waals surface area contributed by atoms with Gasteiger partial charge < -0.3 is 24.8 Å². The molecule has 2 aromatic heterocycles. The molecule has 4 rings (SSSR count). The van der Waals surface area contributed by atoms with Gasteiger partial charge in [-0.3, -0.25) is 9.59 Å². The van der Waals surface area contributed by atoms with Gasteiger partial charge in [0, 0.05) is 18.7 Å². The molecule has 1 aliphatic rings. The Hall–Kier alpha value is -2.76. The van der Waals surface area contributed by atoms with Gasteiger partial charge in [-0.15, -0.1) is 22.7 Å². The second kappa shape index (κ2) is 13.0. The summed E-state index contributed by atoms with van der Waals surface area (Å²) in [5.74, 6) is -0.527. The highest BCUT2D eigenvalue weighted by atomic mass is 35.5. The number of anilines is 1. The molecule has 220 valence electrons. The first-order valence-corrected chi connectivity index (χ1v) is 15.5. The molecule has 0 bridgehead atoms. The van der Waals surface area contributed by atoms with Gasteiger partial charge in [-0.1, -0.05) is 23.7 Å². The monoisotopic (exact) mass is 618 g/mol. The van der Waals surface area contributed by atoms with Crippen LogP contribution in [0.4, 0.5) is 5.69 Å². The van der Waals surface area contributed by atoms with Crippen LogP contribution in [0.25, 0.3) is 0 Å². The molecule has 0 saturated heterocycles. The molecule has 41 heavy (non-hydrogen) atoms. The Morgan fingerprint density at radius 2 is 1.73 bits per heavy atom. The largest absolute Gasteiger partial charge is 0.496 e. The summed E-state index contributed by atoms with van der Waals surface area (Å²) in [5, 5.41) is 18.3. The van der Waals surface area contributed by atoms with Crippen LogP contribution in [0.15, 0.2) is 47.2 Å². The van der Waals surface area contributed by atoms with Crippen molar-refractivity contribution < 1.29 is 29.0 Å². The summed E-state index contributed by atoms with van der Waals surface area (Å²) >= 11 is 8.95. The first-order valence-electron chi connectivity index (χ1n) is 13.4. The predicted molar refractivity (Wildman–Crippen MR) is 162 cm³/mol. The van der Waals surface area contributed by atoms with Crippen molar-refractivity contribution in [3.8, 4) is 5.75 Å². The van der Waals surface area contributed by atoms with E-state index < -0.39 is 17.0 Å². The number of esters is 1. The van der Waals surface area contributed by atoms with Gasteiger partial charge in [0.25, 0.3) is 0 Å². The van der Waals surface area contributed by atoms with Crippen molar-refractivity contribution in [1.82, 2.24) is 4.90 Å². The van der Waals surface area contributed by atoms with Crippen LogP contribution in [0.2, 0.25) is 5.02 Å². The Labute approximate surface area is 253 Å². The fourth-order valence-corrected chi connectivity index (χ4v) is 7.11. The van der Waals surface area contributed by atoms with Crippen LogP contribution in [-0.4, -0.2) is 61.0 Å². The third-order valence-corrected chi connectivity index (χ3v) is 9.82. The van der Waals surface area contributed by atoms with Gasteiger partial charge in [0.1, 0.15) is 11.9 Å². The molecule has 1 amide bonds. The van der Waals surface area contributed by atoms with Gasteiger partial charge in [0.15, 0.2) is 6.29 Å². The maximum Gasteiger partial charge on any atom is 0.349 e. The summed E-state index contributed by atoms with van der Waals surface area (Å²) in [7, 11) is 3.44. The number of nitrogens with one attached hydrogen (secondary N) is 1. The molecule has 0 aliphatic heterocycles. The van der Waals surface area contributed by atoms with E-state index in [2.05, 4.69) is 10.2 Å². The fourth-order valence-electron chi connectivity index (χ4n) is 5.18. The van der Waals surface area contributed by atoms with Crippen LogP contribution in [0, 0.1) is 5.41 Å². The van der Waals surface area contributed by atoms with Crippen molar-refractivity contribution in [2.24, 2.45) is 5.41 Å². The zero-order valence-corrected chi connectivity index (χ0v) is 25.9. The zero-order valence-electron chi connectivity index (χ0n) is 23.5. The van der Waals surface area contributed by atoms with Crippen molar-refractivity contribution >= 4 is 58.1 Å². The van der Waals surface area contributed by atoms with E-state index in [1.54, 1.807) is 18.2 Å². The van der Waals surface area contributed by atoms with Crippen molar-refractivity contribution in [3.63, 3.8) is 0 Å². The van der Waals surface area contributed by atoms with E-state index in [0.29, 0.717) is 52.4 Å². The molecule has 1 saturated carbocycles. The van der Waals surface area contributed by atoms with E-state index in [1.807, 2.05) is 43.8 Å². The minimum atomic E-state index is -1.81. The summed E-state index contributed by atoms with van der Waals surface area (Å²) < 4.78 is 11.1. The molecule has 1 fully saturated rings. The topological polar surface area (TPSA) is 105 Å². The Bertz CT molecular complexity index is 1320. The normalized spacial score (nSPS) is 17.7. The van der Waals surface area contributed by atoms with Crippen molar-refractivity contribution in [3.05, 3.63) is 67.5 Å². The minimum absolute atomic E-state index is 0.209. The van der Waals surface area contributed by atoms with Crippen LogP contribution in [0.3, 0.4) is 0 Å². The maximum atomic E-state index is 13.3. The molecule has 3 aromatic rings. The predicted octanol–water partition coefficient (Wildman–Crippen LogP) is 5.97. The summed E-state index contributed by atoms with van der Waals surface area (Å²) in [6.45, 7) is 4.23. The highest BCUT2D eigenvalue weighted by Gasteiger charge is 2.45. The molecule has 8 nitrogen and oxygen atoms in total. The minimum Gasteiger partial charge on any atom is -0.496 e. The average Bonchev–Trinajstić information content (AvgIpc) is 3.69. The van der Waals surface area contributed by atoms with Crippen LogP contribution >= 0.6 is 34.3 Å². The number of aliphatic hydroxyl groups is 1. The number of amides is 1. The second-order valence-corrected chi connectivity index (χ2v) is 13.2. The quantitative estimate of drug-likeness (QED) is 0.201. The first-order chi connectivity index (χ1) is 19.5. The maximum absolute atomic E-state index is 13.3. The molecule has 2 N–H and O–H groups in total. The highest BCUT2D eigenvalue weighted by Crippen LogP contribution is 2.38. The second-order valence-electron chi connectivity index (χ2n) is 10.9. The van der Waals surface area contributed by atoms with Crippen LogP contribution in [0.1, 0.15) is 59.6 Å². The summed E-state index contributed by atoms with van der Waals surface area (Å²) in [5.41, 5.74) is -1.88. The average molecular weight is 619 g/mol. The lowest BCUT2D eigenvalue weighted by molar-refractivity contribution is -0.169. The number of ether oxygens (including phenoxy) is 2. The number of rotatable bonds is 11. The molecule has 0 spiro atoms. The van der Waals surface area contributed by atoms with Gasteiger partial charge in [0.2, 0.25) is 11.5 Å². The zero-order chi connectivity index (χ0) is 29.8. The number of halogens is 1. The number of thiophene rings is 2. The van der Waals surface area contributed by atoms with Crippen LogP contribution < -0.4 is 10.1 Å². The molecule has 0 atom stereocenters. The number of aldehydes is 1. The number of nitrogens with zero attached hydrogens (tertiary/aromatic N) is 1. The number of carbonyl (C=O) groups is 3. The molecular weight excluding hydrogens is 584 g/mol. The molecular formula is C30H35ClN2O6S2. The smallest absolute Gasteiger partial charge is 0.349 e. The van der Waals surface area contributed by atoms with Gasteiger partial charge >= 0.3 is 5.97 Å². The van der Waals surface area contributed by atoms with Gasteiger partial charge in [-0.25, -0.2) is 4.79 Å². The lowest BCUT2D eigenvalue weighted by Gasteiger charge is -2.38. The number of hydrogen-bond donors (Lipinski definition) is 2. The molecule has 0 radical (unpaired) electrons. The third kappa shape index (κ3) is 6.84. The SMILES string of the molecule is COc1cc(NC(=O)C(C)(C)CN(C)C2CCC(OC(=O)C(O)(c3cccs3)c3cccs3)CC2)c(Cl)cc1C=O. The number of methoxy groups -OCH3 is 1. The van der Waals surface area contributed by atoms with Crippen molar-refractivity contribution in [2.45, 2.75) is 57.3 Å². The van der Waals surface area contributed by atoms with E-state index in [1.165, 1.54) is 35.8 Å². The van der Waals surface area contributed by atoms with Crippen LogP contribution in [0.5, 0.6) is 5.75 Å². The van der Waals surface area contributed by atoms with E-state index >= 15 is 0 Å². The number of carbonyl (C=O) groups excluding carboxylic acids is 3. The third-order valence-electron chi connectivity index (χ3n) is 7.55. The Kier molecular flexibility index (Phi) is 9.92. The standard InChI is InChI=1S/C30H35ClN2O6S2/c1-29(2,27(35)32-23-16-24(38-4)19(17-34)15-22(23)31)18-33(3)20-9-11-21(12-10-20)39-28(36)30(37,25-7-5-13-40-25)26-8-6-14-41-26/h5-8,13-17,20-21,37H,9-12,18H2,1-4H3,(H,32,35). The molecule has 2 heterocycles. The van der Waals surface area contributed by atoms with Crippen LogP contribution in [-0.2, 0) is 19.9 Å². The van der Waals surface area contributed by atoms with Gasteiger partial charge in [0.05, 0.1) is 38.6 Å². The van der Waals surface area contributed by atoms with E-state index in [9.17, 15) is 19.5 Å². The van der Waals surface area contributed by atoms with Crippen molar-refractivity contribution in [2.75, 3.05) is 26.0 Å². The number of benzene rings is 1. The van der Waals surface area contributed by atoms with Crippen molar-refractivity contribution in [1.29, 1.82) is 0 Å². The lowest BCUT2D eigenvalue weighted by Crippen LogP contribution is -2.46. The Balaban J connectivity index is 1.33. The fraction of sp³-hybridized carbons (Fsp3) is 0.433. The first kappa shape index (κ1) is 31.2. The van der Waals surface area contributed by atoms with E-state index in [-0.39, 0.29) is 23.1 Å². The van der Waals surface area contributed by atoms with E-state index in [4.69, 9.17) is 21.1 Å². The number of hydrogen-bond acceptors (Lipinski definition) is 9. The van der Waals surface area contributed by atoms with Gasteiger partial charge in [-0.05, 0) is 75.5 Å². The molecule has 0 unspecified atom stereocenters. The lowest BCUT2D eigenvalue weighted by atomic mass is 9.87. The Morgan fingerprint density at radius 3 is 2.24 bits per heavy atom.